The zero-order valence-corrected chi connectivity index (χ0v) is 12.4. The molecule has 4 nitrogen and oxygen atoms in total. The fourth-order valence-electron chi connectivity index (χ4n) is 1.53. The molecule has 0 aromatic carbocycles. The third kappa shape index (κ3) is 4.93. The van der Waals surface area contributed by atoms with E-state index in [2.05, 4.69) is 10.3 Å². The molecular formula is C13H14F3N3OS. The molecule has 1 heterocycles. The molecule has 0 fully saturated rings. The molecule has 1 aromatic rings. The summed E-state index contributed by atoms with van der Waals surface area (Å²) in [5.41, 5.74) is -1.41. The predicted molar refractivity (Wildman–Crippen MR) is 72.7 cm³/mol. The lowest BCUT2D eigenvalue weighted by molar-refractivity contribution is -0.138. The van der Waals surface area contributed by atoms with E-state index in [-0.39, 0.29) is 22.4 Å². The maximum Gasteiger partial charge on any atom is 0.417 e. The van der Waals surface area contributed by atoms with Gasteiger partial charge in [0.05, 0.1) is 16.9 Å². The normalized spacial score (nSPS) is 11.0. The fourth-order valence-corrected chi connectivity index (χ4v) is 2.41. The molecule has 0 radical (unpaired) electrons. The number of carbonyl (C=O) groups is 1. The summed E-state index contributed by atoms with van der Waals surface area (Å²) in [7, 11) is 0. The SMILES string of the molecule is CCCNC(=O)CSc1nc(C)cc(C(F)(F)F)c1C#N. The van der Waals surface area contributed by atoms with Gasteiger partial charge in [0.25, 0.3) is 0 Å². The molecule has 0 aliphatic rings. The third-order valence-corrected chi connectivity index (χ3v) is 3.42. The van der Waals surface area contributed by atoms with E-state index in [9.17, 15) is 18.0 Å². The largest absolute Gasteiger partial charge is 0.417 e. The van der Waals surface area contributed by atoms with Crippen LogP contribution in [0.25, 0.3) is 0 Å². The molecule has 1 rings (SSSR count). The first kappa shape index (κ1) is 17.3. The minimum Gasteiger partial charge on any atom is -0.355 e. The van der Waals surface area contributed by atoms with E-state index in [1.54, 1.807) is 0 Å². The number of hydrogen-bond donors (Lipinski definition) is 1. The number of aromatic nitrogens is 1. The van der Waals surface area contributed by atoms with Gasteiger partial charge in [-0.2, -0.15) is 18.4 Å². The number of alkyl halides is 3. The van der Waals surface area contributed by atoms with Crippen LogP contribution in [-0.4, -0.2) is 23.2 Å². The van der Waals surface area contributed by atoms with Gasteiger partial charge in [-0.05, 0) is 19.4 Å². The molecule has 1 aromatic heterocycles. The van der Waals surface area contributed by atoms with Gasteiger partial charge in [-0.3, -0.25) is 4.79 Å². The Morgan fingerprint density at radius 2 is 2.19 bits per heavy atom. The van der Waals surface area contributed by atoms with Crippen LogP contribution in [0.5, 0.6) is 0 Å². The van der Waals surface area contributed by atoms with Crippen LogP contribution in [0.4, 0.5) is 13.2 Å². The average molecular weight is 317 g/mol. The highest BCUT2D eigenvalue weighted by molar-refractivity contribution is 8.00. The second kappa shape index (κ2) is 7.31. The Hall–Kier alpha value is -1.75. The van der Waals surface area contributed by atoms with E-state index in [0.29, 0.717) is 6.54 Å². The molecule has 8 heteroatoms. The van der Waals surface area contributed by atoms with Gasteiger partial charge in [0.1, 0.15) is 11.1 Å². The molecule has 0 saturated heterocycles. The number of rotatable bonds is 5. The van der Waals surface area contributed by atoms with Crippen LogP contribution < -0.4 is 5.32 Å². The Balaban J connectivity index is 3.00. The second-order valence-corrected chi connectivity index (χ2v) is 5.20. The molecule has 0 spiro atoms. The summed E-state index contributed by atoms with van der Waals surface area (Å²) < 4.78 is 38.7. The van der Waals surface area contributed by atoms with Crippen molar-refractivity contribution in [3.05, 3.63) is 22.9 Å². The van der Waals surface area contributed by atoms with E-state index >= 15 is 0 Å². The van der Waals surface area contributed by atoms with Gasteiger partial charge < -0.3 is 5.32 Å². The standard InChI is InChI=1S/C13H14F3N3OS/c1-3-4-18-11(20)7-21-12-9(6-17)10(13(14,15)16)5-8(2)19-12/h5H,3-4,7H2,1-2H3,(H,18,20). The summed E-state index contributed by atoms with van der Waals surface area (Å²) in [4.78, 5) is 15.4. The van der Waals surface area contributed by atoms with Crippen molar-refractivity contribution >= 4 is 17.7 Å². The summed E-state index contributed by atoms with van der Waals surface area (Å²) >= 11 is 0.829. The molecule has 1 N–H and O–H groups in total. The number of pyridine rings is 1. The third-order valence-electron chi connectivity index (χ3n) is 2.44. The summed E-state index contributed by atoms with van der Waals surface area (Å²) in [5, 5.41) is 11.5. The Bertz CT molecular complexity index is 567. The van der Waals surface area contributed by atoms with E-state index in [0.717, 1.165) is 24.2 Å². The highest BCUT2D eigenvalue weighted by Crippen LogP contribution is 2.35. The Morgan fingerprint density at radius 1 is 1.52 bits per heavy atom. The predicted octanol–water partition coefficient (Wildman–Crippen LogP) is 2.90. The minimum absolute atomic E-state index is 0.0727. The topological polar surface area (TPSA) is 65.8 Å². The number of carbonyl (C=O) groups excluding carboxylic acids is 1. The van der Waals surface area contributed by atoms with Gasteiger partial charge >= 0.3 is 6.18 Å². The van der Waals surface area contributed by atoms with Crippen molar-refractivity contribution in [1.82, 2.24) is 10.3 Å². The molecule has 0 unspecified atom stereocenters. The summed E-state index contributed by atoms with van der Waals surface area (Å²) in [6.07, 6.45) is -3.86. The minimum atomic E-state index is -4.63. The maximum absolute atomic E-state index is 12.9. The first-order valence-corrected chi connectivity index (χ1v) is 7.16. The maximum atomic E-state index is 12.9. The van der Waals surface area contributed by atoms with Gasteiger partial charge in [-0.15, -0.1) is 0 Å². The van der Waals surface area contributed by atoms with Gasteiger partial charge in [-0.1, -0.05) is 18.7 Å². The molecule has 114 valence electrons. The van der Waals surface area contributed by atoms with E-state index in [1.165, 1.54) is 13.0 Å². The molecule has 0 bridgehead atoms. The van der Waals surface area contributed by atoms with Gasteiger partial charge in [-0.25, -0.2) is 4.98 Å². The number of aryl methyl sites for hydroxylation is 1. The fraction of sp³-hybridized carbons (Fsp3) is 0.462. The first-order chi connectivity index (χ1) is 9.79. The molecule has 0 saturated carbocycles. The number of nitrogens with one attached hydrogen (secondary N) is 1. The quantitative estimate of drug-likeness (QED) is 0.848. The van der Waals surface area contributed by atoms with E-state index in [1.807, 2.05) is 6.92 Å². The zero-order chi connectivity index (χ0) is 16.0. The average Bonchev–Trinajstić information content (AvgIpc) is 2.41. The van der Waals surface area contributed by atoms with Crippen molar-refractivity contribution in [2.45, 2.75) is 31.5 Å². The van der Waals surface area contributed by atoms with Gasteiger partial charge in [0.15, 0.2) is 0 Å². The number of hydrogen-bond acceptors (Lipinski definition) is 4. The van der Waals surface area contributed by atoms with Crippen molar-refractivity contribution in [3.8, 4) is 6.07 Å². The van der Waals surface area contributed by atoms with Crippen molar-refractivity contribution in [1.29, 1.82) is 5.26 Å². The van der Waals surface area contributed by atoms with Crippen molar-refractivity contribution in [2.24, 2.45) is 0 Å². The highest BCUT2D eigenvalue weighted by atomic mass is 32.2. The lowest BCUT2D eigenvalue weighted by Crippen LogP contribution is -2.25. The van der Waals surface area contributed by atoms with Crippen molar-refractivity contribution in [3.63, 3.8) is 0 Å². The van der Waals surface area contributed by atoms with E-state index in [4.69, 9.17) is 5.26 Å². The molecule has 1 amide bonds. The van der Waals surface area contributed by atoms with Gasteiger partial charge in [0.2, 0.25) is 5.91 Å². The molecule has 21 heavy (non-hydrogen) atoms. The van der Waals surface area contributed by atoms with Crippen LogP contribution in [0.1, 0.15) is 30.2 Å². The highest BCUT2D eigenvalue weighted by Gasteiger charge is 2.35. The van der Waals surface area contributed by atoms with Crippen molar-refractivity contribution in [2.75, 3.05) is 12.3 Å². The van der Waals surface area contributed by atoms with Crippen molar-refractivity contribution < 1.29 is 18.0 Å². The Morgan fingerprint density at radius 3 is 2.71 bits per heavy atom. The van der Waals surface area contributed by atoms with Crippen LogP contribution in [0, 0.1) is 18.3 Å². The lowest BCUT2D eigenvalue weighted by Gasteiger charge is -2.12. The summed E-state index contributed by atoms with van der Waals surface area (Å²) in [6.45, 7) is 3.80. The van der Waals surface area contributed by atoms with Crippen LogP contribution in [-0.2, 0) is 11.0 Å². The monoisotopic (exact) mass is 317 g/mol. The van der Waals surface area contributed by atoms with Crippen LogP contribution in [0.15, 0.2) is 11.1 Å². The molecule has 0 atom stereocenters. The van der Waals surface area contributed by atoms with E-state index < -0.39 is 17.3 Å². The Kier molecular flexibility index (Phi) is 6.03. The number of nitriles is 1. The van der Waals surface area contributed by atoms with Gasteiger partial charge in [0, 0.05) is 12.2 Å². The molecule has 0 aliphatic carbocycles. The zero-order valence-electron chi connectivity index (χ0n) is 11.5. The molecular weight excluding hydrogens is 303 g/mol. The number of thioether (sulfide) groups is 1. The second-order valence-electron chi connectivity index (χ2n) is 4.24. The summed E-state index contributed by atoms with van der Waals surface area (Å²) in [5.74, 6) is -0.384. The van der Waals surface area contributed by atoms with Crippen LogP contribution in [0.2, 0.25) is 0 Å². The number of amides is 1. The number of nitrogens with zero attached hydrogens (tertiary/aromatic N) is 2. The van der Waals surface area contributed by atoms with Crippen LogP contribution >= 0.6 is 11.8 Å². The lowest BCUT2D eigenvalue weighted by atomic mass is 10.1. The van der Waals surface area contributed by atoms with Crippen LogP contribution in [0.3, 0.4) is 0 Å². The molecule has 0 aliphatic heterocycles. The smallest absolute Gasteiger partial charge is 0.355 e. The first-order valence-electron chi connectivity index (χ1n) is 6.18. The number of halogens is 3. The summed E-state index contributed by atoms with van der Waals surface area (Å²) in [6, 6.07) is 2.36. The Labute approximate surface area is 124 Å².